The quantitative estimate of drug-likeness (QED) is 0.836. The zero-order valence-corrected chi connectivity index (χ0v) is 15.4. The van der Waals surface area contributed by atoms with E-state index in [4.69, 9.17) is 15.2 Å². The van der Waals surface area contributed by atoms with E-state index in [0.29, 0.717) is 23.8 Å². The molecule has 0 bridgehead atoms. The molecule has 27 heavy (non-hydrogen) atoms. The van der Waals surface area contributed by atoms with Gasteiger partial charge in [-0.2, -0.15) is 0 Å². The van der Waals surface area contributed by atoms with Crippen LogP contribution in [0.3, 0.4) is 0 Å². The first-order valence-electron chi connectivity index (χ1n) is 8.71. The molecule has 2 heterocycles. The molecule has 0 aliphatic carbocycles. The Balaban J connectivity index is 1.89. The molecule has 8 nitrogen and oxygen atoms in total. The largest absolute Gasteiger partial charge is 0.492 e. The van der Waals surface area contributed by atoms with Crippen LogP contribution in [-0.4, -0.2) is 35.6 Å². The van der Waals surface area contributed by atoms with Crippen molar-refractivity contribution in [1.29, 1.82) is 0 Å². The summed E-state index contributed by atoms with van der Waals surface area (Å²) in [6, 6.07) is 9.52. The van der Waals surface area contributed by atoms with Gasteiger partial charge in [0.1, 0.15) is 17.6 Å². The highest BCUT2D eigenvalue weighted by atomic mass is 16.5. The average molecular weight is 370 g/mol. The summed E-state index contributed by atoms with van der Waals surface area (Å²) in [4.78, 5) is 31.0. The van der Waals surface area contributed by atoms with Crippen LogP contribution in [0.1, 0.15) is 20.8 Å². The van der Waals surface area contributed by atoms with Gasteiger partial charge in [0, 0.05) is 0 Å². The van der Waals surface area contributed by atoms with Crippen molar-refractivity contribution in [1.82, 2.24) is 4.98 Å². The fourth-order valence-electron chi connectivity index (χ4n) is 2.84. The van der Waals surface area contributed by atoms with Gasteiger partial charge < -0.3 is 20.5 Å². The van der Waals surface area contributed by atoms with E-state index in [-0.39, 0.29) is 23.5 Å². The number of carbonyl (C=O) groups is 2. The van der Waals surface area contributed by atoms with E-state index in [0.717, 1.165) is 0 Å². The maximum absolute atomic E-state index is 12.9. The average Bonchev–Trinajstić information content (AvgIpc) is 2.64. The number of hydrogen-bond donors (Lipinski definition) is 2. The van der Waals surface area contributed by atoms with Crippen molar-refractivity contribution >= 4 is 29.1 Å². The monoisotopic (exact) mass is 370 g/mol. The highest BCUT2D eigenvalue weighted by Gasteiger charge is 2.38. The van der Waals surface area contributed by atoms with E-state index in [1.807, 2.05) is 13.0 Å². The number of para-hydroxylation sites is 2. The Morgan fingerprint density at radius 1 is 1.37 bits per heavy atom. The molecule has 0 fully saturated rings. The summed E-state index contributed by atoms with van der Waals surface area (Å²) in [5, 5.41) is 2.82. The Labute approximate surface area is 157 Å². The van der Waals surface area contributed by atoms with E-state index in [1.165, 1.54) is 4.90 Å². The van der Waals surface area contributed by atoms with Crippen molar-refractivity contribution in [2.45, 2.75) is 32.9 Å². The molecule has 2 amide bonds. The molecule has 3 N–H and O–H groups in total. The predicted octanol–water partition coefficient (Wildman–Crippen LogP) is 2.20. The molecule has 0 saturated heterocycles. The molecule has 1 aromatic heterocycles. The topological polar surface area (TPSA) is 107 Å². The number of fused-ring (bicyclic) bond motifs is 1. The second-order valence-corrected chi connectivity index (χ2v) is 6.12. The van der Waals surface area contributed by atoms with E-state index in [2.05, 4.69) is 10.3 Å². The lowest BCUT2D eigenvalue weighted by molar-refractivity contribution is -0.128. The first kappa shape index (κ1) is 18.5. The van der Waals surface area contributed by atoms with Crippen molar-refractivity contribution in [3.63, 3.8) is 0 Å². The third-order valence-corrected chi connectivity index (χ3v) is 4.19. The lowest BCUT2D eigenvalue weighted by Crippen LogP contribution is -2.53. The van der Waals surface area contributed by atoms with Crippen molar-refractivity contribution < 1.29 is 19.1 Å². The van der Waals surface area contributed by atoms with Gasteiger partial charge in [0.05, 0.1) is 12.3 Å². The number of pyridine rings is 1. The SMILES string of the molecule is CCOc1ccccc1NC(=O)C(C)N1C(=O)C(C)Oc2ccc(N)nc21. The van der Waals surface area contributed by atoms with Crippen molar-refractivity contribution in [3.05, 3.63) is 36.4 Å². The molecule has 3 rings (SSSR count). The minimum Gasteiger partial charge on any atom is -0.492 e. The van der Waals surface area contributed by atoms with Crippen LogP contribution in [0.2, 0.25) is 0 Å². The lowest BCUT2D eigenvalue weighted by Gasteiger charge is -2.35. The lowest BCUT2D eigenvalue weighted by atomic mass is 10.1. The van der Waals surface area contributed by atoms with Crippen LogP contribution in [0.5, 0.6) is 11.5 Å². The summed E-state index contributed by atoms with van der Waals surface area (Å²) < 4.78 is 11.1. The van der Waals surface area contributed by atoms with Gasteiger partial charge in [0.15, 0.2) is 17.7 Å². The minimum absolute atomic E-state index is 0.235. The van der Waals surface area contributed by atoms with Crippen molar-refractivity contribution in [2.24, 2.45) is 0 Å². The molecule has 0 radical (unpaired) electrons. The molecular weight excluding hydrogens is 348 g/mol. The summed E-state index contributed by atoms with van der Waals surface area (Å²) in [6.07, 6.45) is -0.728. The first-order valence-corrected chi connectivity index (χ1v) is 8.71. The minimum atomic E-state index is -0.827. The number of hydrogen-bond acceptors (Lipinski definition) is 6. The van der Waals surface area contributed by atoms with E-state index in [1.54, 1.807) is 44.2 Å². The Hall–Kier alpha value is -3.29. The van der Waals surface area contributed by atoms with Crippen LogP contribution in [0.15, 0.2) is 36.4 Å². The van der Waals surface area contributed by atoms with Crippen LogP contribution < -0.4 is 25.4 Å². The number of aromatic nitrogens is 1. The Morgan fingerprint density at radius 3 is 2.85 bits per heavy atom. The number of ether oxygens (including phenoxy) is 2. The Kier molecular flexibility index (Phi) is 5.16. The molecule has 0 saturated carbocycles. The zero-order valence-electron chi connectivity index (χ0n) is 15.4. The fraction of sp³-hybridized carbons (Fsp3) is 0.316. The van der Waals surface area contributed by atoms with Gasteiger partial charge in [-0.05, 0) is 45.0 Å². The summed E-state index contributed by atoms with van der Waals surface area (Å²) in [5.41, 5.74) is 6.29. The van der Waals surface area contributed by atoms with Gasteiger partial charge in [-0.25, -0.2) is 4.98 Å². The van der Waals surface area contributed by atoms with Crippen LogP contribution in [-0.2, 0) is 9.59 Å². The molecule has 1 aromatic carbocycles. The van der Waals surface area contributed by atoms with Crippen molar-refractivity contribution in [3.8, 4) is 11.5 Å². The second-order valence-electron chi connectivity index (χ2n) is 6.12. The molecule has 0 spiro atoms. The Morgan fingerprint density at radius 2 is 2.11 bits per heavy atom. The smallest absolute Gasteiger partial charge is 0.269 e. The molecule has 1 aliphatic heterocycles. The van der Waals surface area contributed by atoms with Gasteiger partial charge in [0.2, 0.25) is 5.91 Å². The highest BCUT2D eigenvalue weighted by molar-refractivity contribution is 6.07. The number of nitrogens with one attached hydrogen (secondary N) is 1. The molecule has 2 atom stereocenters. The highest BCUT2D eigenvalue weighted by Crippen LogP contribution is 2.34. The molecule has 8 heteroatoms. The number of amides is 2. The summed E-state index contributed by atoms with van der Waals surface area (Å²) in [7, 11) is 0. The van der Waals surface area contributed by atoms with E-state index < -0.39 is 12.1 Å². The van der Waals surface area contributed by atoms with Crippen molar-refractivity contribution in [2.75, 3.05) is 22.6 Å². The molecule has 142 valence electrons. The van der Waals surface area contributed by atoms with Gasteiger partial charge in [-0.15, -0.1) is 0 Å². The maximum Gasteiger partial charge on any atom is 0.269 e. The molecule has 2 aromatic rings. The molecule has 1 aliphatic rings. The zero-order chi connectivity index (χ0) is 19.6. The van der Waals surface area contributed by atoms with Gasteiger partial charge in [-0.1, -0.05) is 12.1 Å². The summed E-state index contributed by atoms with van der Waals surface area (Å²) in [6.45, 7) is 5.59. The second kappa shape index (κ2) is 7.53. The van der Waals surface area contributed by atoms with Crippen LogP contribution >= 0.6 is 0 Å². The van der Waals surface area contributed by atoms with Gasteiger partial charge in [0.25, 0.3) is 5.91 Å². The number of rotatable bonds is 5. The third-order valence-electron chi connectivity index (χ3n) is 4.19. The van der Waals surface area contributed by atoms with E-state index >= 15 is 0 Å². The number of nitrogen functional groups attached to an aromatic ring is 1. The first-order chi connectivity index (χ1) is 12.9. The predicted molar refractivity (Wildman–Crippen MR) is 102 cm³/mol. The van der Waals surface area contributed by atoms with Gasteiger partial charge >= 0.3 is 0 Å². The Bertz CT molecular complexity index is 871. The normalized spacial score (nSPS) is 16.9. The molecular formula is C19H22N4O4. The number of nitrogens with two attached hydrogens (primary N) is 1. The van der Waals surface area contributed by atoms with Crippen LogP contribution in [0.25, 0.3) is 0 Å². The van der Waals surface area contributed by atoms with Crippen LogP contribution in [0.4, 0.5) is 17.3 Å². The third kappa shape index (κ3) is 3.64. The van der Waals surface area contributed by atoms with E-state index in [9.17, 15) is 9.59 Å². The standard InChI is InChI=1S/C19H22N4O4/c1-4-26-14-8-6-5-7-13(14)21-18(24)11(2)23-17-15(9-10-16(20)22-17)27-12(3)19(23)25/h5-12H,4H2,1-3H3,(H2,20,22)(H,21,24). The number of carbonyl (C=O) groups excluding carboxylic acids is 2. The maximum atomic E-state index is 12.9. The number of anilines is 3. The number of nitrogens with zero attached hydrogens (tertiary/aromatic N) is 2. The molecule has 2 unspecified atom stereocenters. The summed E-state index contributed by atoms with van der Waals surface area (Å²) in [5.74, 6) is 0.703. The van der Waals surface area contributed by atoms with Gasteiger partial charge in [-0.3, -0.25) is 14.5 Å². The van der Waals surface area contributed by atoms with Crippen LogP contribution in [0, 0.1) is 0 Å². The summed E-state index contributed by atoms with van der Waals surface area (Å²) >= 11 is 0. The number of benzene rings is 1. The fourth-order valence-corrected chi connectivity index (χ4v) is 2.84.